The first-order chi connectivity index (χ1) is 8.97. The van der Waals surface area contributed by atoms with Gasteiger partial charge in [-0.1, -0.05) is 13.8 Å². The van der Waals surface area contributed by atoms with Crippen molar-refractivity contribution in [1.82, 2.24) is 5.32 Å². The van der Waals surface area contributed by atoms with Crippen LogP contribution < -0.4 is 5.32 Å². The minimum Gasteiger partial charge on any atom is -0.349 e. The Morgan fingerprint density at radius 3 is 2.79 bits per heavy atom. The lowest BCUT2D eigenvalue weighted by Crippen LogP contribution is -2.42. The fourth-order valence-electron chi connectivity index (χ4n) is 2.81. The molecule has 0 aromatic heterocycles. The van der Waals surface area contributed by atoms with E-state index in [0.29, 0.717) is 17.5 Å². The third kappa shape index (κ3) is 3.76. The summed E-state index contributed by atoms with van der Waals surface area (Å²) in [4.78, 5) is 13.1. The molecule has 19 heavy (non-hydrogen) atoms. The van der Waals surface area contributed by atoms with Gasteiger partial charge in [0.1, 0.15) is 0 Å². The molecule has 3 atom stereocenters. The lowest BCUT2D eigenvalue weighted by molar-refractivity contribution is 0.0898. The van der Waals surface area contributed by atoms with E-state index in [0.717, 1.165) is 21.7 Å². The second-order valence-corrected chi connectivity index (χ2v) is 7.01. The molecule has 1 saturated carbocycles. The normalized spacial score (nSPS) is 27.1. The van der Waals surface area contributed by atoms with E-state index in [2.05, 4.69) is 47.7 Å². The van der Waals surface area contributed by atoms with E-state index in [9.17, 15) is 4.79 Å². The molecule has 104 valence electrons. The minimum atomic E-state index is -0.00539. The van der Waals surface area contributed by atoms with E-state index in [4.69, 9.17) is 0 Å². The van der Waals surface area contributed by atoms with Gasteiger partial charge in [-0.3, -0.25) is 4.79 Å². The van der Waals surface area contributed by atoms with Gasteiger partial charge in [0.05, 0.1) is 5.56 Å². The first-order valence-electron chi connectivity index (χ1n) is 6.76. The molecule has 1 amide bonds. The van der Waals surface area contributed by atoms with Crippen molar-refractivity contribution in [3.8, 4) is 0 Å². The topological polar surface area (TPSA) is 29.1 Å². The third-order valence-electron chi connectivity index (χ3n) is 3.94. The summed E-state index contributed by atoms with van der Waals surface area (Å²) >= 11 is 7.72. The van der Waals surface area contributed by atoms with Crippen LogP contribution in [0.1, 0.15) is 43.5 Å². The van der Waals surface area contributed by atoms with Crippen LogP contribution in [0.4, 0.5) is 0 Å². The Morgan fingerprint density at radius 1 is 1.37 bits per heavy atom. The lowest BCUT2D eigenvalue weighted by Gasteiger charge is -2.33. The zero-order valence-corrected chi connectivity index (χ0v) is 13.8. The van der Waals surface area contributed by atoms with Crippen LogP contribution >= 0.6 is 28.6 Å². The van der Waals surface area contributed by atoms with Crippen LogP contribution in [0.3, 0.4) is 0 Å². The zero-order valence-electron chi connectivity index (χ0n) is 11.3. The van der Waals surface area contributed by atoms with Crippen LogP contribution in [-0.4, -0.2) is 11.9 Å². The molecule has 0 aliphatic heterocycles. The molecule has 0 saturated heterocycles. The fraction of sp³-hybridized carbons (Fsp3) is 0.533. The number of thiol groups is 1. The van der Waals surface area contributed by atoms with E-state index in [1.165, 1.54) is 12.8 Å². The van der Waals surface area contributed by atoms with Gasteiger partial charge < -0.3 is 5.32 Å². The van der Waals surface area contributed by atoms with Gasteiger partial charge in [-0.2, -0.15) is 0 Å². The molecule has 0 spiro atoms. The summed E-state index contributed by atoms with van der Waals surface area (Å²) in [5, 5.41) is 3.17. The standard InChI is InChI=1S/C15H20BrNOS/c1-9-3-6-14(10(2)7-9)17-15(18)12-8-11(19)4-5-13(12)16/h4-5,8-10,14,19H,3,6-7H2,1-2H3,(H,17,18). The molecule has 1 aromatic carbocycles. The largest absolute Gasteiger partial charge is 0.349 e. The number of amides is 1. The maximum absolute atomic E-state index is 12.3. The Labute approximate surface area is 128 Å². The Morgan fingerprint density at radius 2 is 2.11 bits per heavy atom. The summed E-state index contributed by atoms with van der Waals surface area (Å²) in [7, 11) is 0. The molecular weight excluding hydrogens is 322 g/mol. The molecule has 0 bridgehead atoms. The second kappa shape index (κ2) is 6.31. The average molecular weight is 342 g/mol. The van der Waals surface area contributed by atoms with E-state index < -0.39 is 0 Å². The van der Waals surface area contributed by atoms with Gasteiger partial charge in [0, 0.05) is 15.4 Å². The average Bonchev–Trinajstić information content (AvgIpc) is 2.35. The highest BCUT2D eigenvalue weighted by Gasteiger charge is 2.27. The Kier molecular flexibility index (Phi) is 4.96. The Hall–Kier alpha value is -0.480. The van der Waals surface area contributed by atoms with Crippen LogP contribution in [0.25, 0.3) is 0 Å². The van der Waals surface area contributed by atoms with E-state index in [1.807, 2.05) is 12.1 Å². The molecule has 1 aromatic rings. The lowest BCUT2D eigenvalue weighted by atomic mass is 9.80. The molecular formula is C15H20BrNOS. The van der Waals surface area contributed by atoms with Crippen LogP contribution in [-0.2, 0) is 0 Å². The molecule has 0 radical (unpaired) electrons. The molecule has 1 N–H and O–H groups in total. The van der Waals surface area contributed by atoms with Gasteiger partial charge in [0.25, 0.3) is 5.91 Å². The van der Waals surface area contributed by atoms with Crippen molar-refractivity contribution in [3.63, 3.8) is 0 Å². The number of halogens is 1. The van der Waals surface area contributed by atoms with Gasteiger partial charge in [-0.25, -0.2) is 0 Å². The number of carbonyl (C=O) groups excluding carboxylic acids is 1. The highest BCUT2D eigenvalue weighted by atomic mass is 79.9. The molecule has 2 nitrogen and oxygen atoms in total. The van der Waals surface area contributed by atoms with Crippen molar-refractivity contribution in [2.75, 3.05) is 0 Å². The summed E-state index contributed by atoms with van der Waals surface area (Å²) in [6.45, 7) is 4.51. The van der Waals surface area contributed by atoms with Crippen LogP contribution in [0.2, 0.25) is 0 Å². The van der Waals surface area contributed by atoms with Gasteiger partial charge >= 0.3 is 0 Å². The maximum atomic E-state index is 12.3. The van der Waals surface area contributed by atoms with E-state index in [-0.39, 0.29) is 5.91 Å². The van der Waals surface area contributed by atoms with Crippen LogP contribution in [0, 0.1) is 11.8 Å². The van der Waals surface area contributed by atoms with Gasteiger partial charge in [-0.15, -0.1) is 12.6 Å². The van der Waals surface area contributed by atoms with Crippen LogP contribution in [0.15, 0.2) is 27.6 Å². The molecule has 3 unspecified atom stereocenters. The number of carbonyl (C=O) groups is 1. The van der Waals surface area contributed by atoms with E-state index in [1.54, 1.807) is 6.07 Å². The van der Waals surface area contributed by atoms with Crippen molar-refractivity contribution in [2.45, 2.75) is 44.0 Å². The van der Waals surface area contributed by atoms with E-state index >= 15 is 0 Å². The first kappa shape index (κ1) is 14.9. The molecule has 1 aliphatic rings. The number of benzene rings is 1. The zero-order chi connectivity index (χ0) is 14.0. The van der Waals surface area contributed by atoms with Gasteiger partial charge in [0.2, 0.25) is 0 Å². The highest BCUT2D eigenvalue weighted by Crippen LogP contribution is 2.29. The van der Waals surface area contributed by atoms with Crippen molar-refractivity contribution >= 4 is 34.5 Å². The first-order valence-corrected chi connectivity index (χ1v) is 8.00. The quantitative estimate of drug-likeness (QED) is 0.772. The summed E-state index contributed by atoms with van der Waals surface area (Å²) in [5.74, 6) is 1.32. The molecule has 2 rings (SSSR count). The predicted octanol–water partition coefficient (Wildman–Crippen LogP) is 4.29. The monoisotopic (exact) mass is 341 g/mol. The SMILES string of the molecule is CC1CCC(NC(=O)c2cc(S)ccc2Br)C(C)C1. The summed E-state index contributed by atoms with van der Waals surface area (Å²) in [6, 6.07) is 5.83. The number of rotatable bonds is 2. The highest BCUT2D eigenvalue weighted by molar-refractivity contribution is 9.10. The fourth-order valence-corrected chi connectivity index (χ4v) is 3.44. The van der Waals surface area contributed by atoms with Crippen molar-refractivity contribution < 1.29 is 4.79 Å². The summed E-state index contributed by atoms with van der Waals surface area (Å²) in [5.41, 5.74) is 0.665. The van der Waals surface area contributed by atoms with Gasteiger partial charge in [0.15, 0.2) is 0 Å². The Bertz CT molecular complexity index is 477. The van der Waals surface area contributed by atoms with Crippen LogP contribution in [0.5, 0.6) is 0 Å². The molecule has 0 heterocycles. The van der Waals surface area contributed by atoms with Crippen molar-refractivity contribution in [2.24, 2.45) is 11.8 Å². The number of hydrogen-bond acceptors (Lipinski definition) is 2. The number of hydrogen-bond donors (Lipinski definition) is 2. The smallest absolute Gasteiger partial charge is 0.252 e. The van der Waals surface area contributed by atoms with Crippen molar-refractivity contribution in [3.05, 3.63) is 28.2 Å². The summed E-state index contributed by atoms with van der Waals surface area (Å²) in [6.07, 6.45) is 3.47. The third-order valence-corrected chi connectivity index (χ3v) is 4.91. The second-order valence-electron chi connectivity index (χ2n) is 5.64. The maximum Gasteiger partial charge on any atom is 0.252 e. The Balaban J connectivity index is 2.06. The van der Waals surface area contributed by atoms with Crippen molar-refractivity contribution in [1.29, 1.82) is 0 Å². The minimum absolute atomic E-state index is 0.00539. The molecule has 4 heteroatoms. The molecule has 1 aliphatic carbocycles. The number of nitrogens with one attached hydrogen (secondary N) is 1. The molecule has 1 fully saturated rings. The van der Waals surface area contributed by atoms with Gasteiger partial charge in [-0.05, 0) is 65.2 Å². The predicted molar refractivity (Wildman–Crippen MR) is 84.8 cm³/mol. The summed E-state index contributed by atoms with van der Waals surface area (Å²) < 4.78 is 0.819.